The van der Waals surface area contributed by atoms with Crippen LogP contribution in [0.3, 0.4) is 0 Å². The molecule has 2 amide bonds. The first-order valence-corrected chi connectivity index (χ1v) is 7.64. The Bertz CT molecular complexity index is 686. The molecule has 6 heteroatoms. The monoisotopic (exact) mass is 316 g/mol. The molecule has 0 aliphatic heterocycles. The highest BCUT2D eigenvalue weighted by molar-refractivity contribution is 5.88. The highest BCUT2D eigenvalue weighted by Crippen LogP contribution is 2.26. The van der Waals surface area contributed by atoms with E-state index in [4.69, 9.17) is 5.11 Å². The Labute approximate surface area is 136 Å². The van der Waals surface area contributed by atoms with Crippen LogP contribution in [0.25, 0.3) is 5.69 Å². The van der Waals surface area contributed by atoms with Gasteiger partial charge in [-0.15, -0.1) is 0 Å². The summed E-state index contributed by atoms with van der Waals surface area (Å²) in [4.78, 5) is 11.9. The molecule has 2 rings (SSSR count). The number of hydrogen-bond donors (Lipinski definition) is 3. The Morgan fingerprint density at radius 1 is 1.30 bits per heavy atom. The molecular formula is C17H24N4O2. The van der Waals surface area contributed by atoms with Crippen LogP contribution in [0.15, 0.2) is 30.3 Å². The molecule has 0 radical (unpaired) electrons. The van der Waals surface area contributed by atoms with E-state index < -0.39 is 0 Å². The number of urea groups is 1. The topological polar surface area (TPSA) is 79.2 Å². The largest absolute Gasteiger partial charge is 0.395 e. The van der Waals surface area contributed by atoms with E-state index in [0.717, 1.165) is 16.9 Å². The molecule has 0 saturated carbocycles. The second-order valence-corrected chi connectivity index (χ2v) is 6.52. The summed E-state index contributed by atoms with van der Waals surface area (Å²) in [6.07, 6.45) is 0. The van der Waals surface area contributed by atoms with Gasteiger partial charge >= 0.3 is 6.03 Å². The van der Waals surface area contributed by atoms with Gasteiger partial charge in [-0.25, -0.2) is 9.48 Å². The number of aliphatic hydroxyl groups excluding tert-OH is 1. The fraction of sp³-hybridized carbons (Fsp3) is 0.412. The zero-order valence-corrected chi connectivity index (χ0v) is 14.1. The minimum Gasteiger partial charge on any atom is -0.395 e. The first-order chi connectivity index (χ1) is 10.8. The van der Waals surface area contributed by atoms with Crippen LogP contribution in [-0.2, 0) is 5.41 Å². The number of carbonyl (C=O) groups is 1. The predicted octanol–water partition coefficient (Wildman–Crippen LogP) is 2.59. The van der Waals surface area contributed by atoms with Crippen molar-refractivity contribution in [2.45, 2.75) is 33.1 Å². The molecule has 0 bridgehead atoms. The maximum atomic E-state index is 11.9. The van der Waals surface area contributed by atoms with Gasteiger partial charge in [-0.2, -0.15) is 5.10 Å². The SMILES string of the molecule is Cc1cccc(-n2nc(C(C)(C)C)cc2NC(=O)NCCO)c1. The molecule has 124 valence electrons. The van der Waals surface area contributed by atoms with Crippen LogP contribution in [0, 0.1) is 6.92 Å². The summed E-state index contributed by atoms with van der Waals surface area (Å²) in [5.41, 5.74) is 2.76. The number of aryl methyl sites for hydroxylation is 1. The fourth-order valence-corrected chi connectivity index (χ4v) is 2.12. The van der Waals surface area contributed by atoms with Gasteiger partial charge in [0.25, 0.3) is 0 Å². The quantitative estimate of drug-likeness (QED) is 0.811. The molecule has 3 N–H and O–H groups in total. The van der Waals surface area contributed by atoms with Crippen LogP contribution in [0.2, 0.25) is 0 Å². The van der Waals surface area contributed by atoms with Crippen molar-refractivity contribution in [3.63, 3.8) is 0 Å². The van der Waals surface area contributed by atoms with Crippen molar-refractivity contribution in [2.75, 3.05) is 18.5 Å². The second-order valence-electron chi connectivity index (χ2n) is 6.52. The van der Waals surface area contributed by atoms with Gasteiger partial charge in [-0.1, -0.05) is 32.9 Å². The molecule has 0 atom stereocenters. The third kappa shape index (κ3) is 4.32. The summed E-state index contributed by atoms with van der Waals surface area (Å²) < 4.78 is 1.73. The molecule has 0 fully saturated rings. The molecule has 1 aromatic heterocycles. The van der Waals surface area contributed by atoms with Crippen molar-refractivity contribution < 1.29 is 9.90 Å². The summed E-state index contributed by atoms with van der Waals surface area (Å²) in [5.74, 6) is 0.593. The summed E-state index contributed by atoms with van der Waals surface area (Å²) in [5, 5.41) is 18.8. The maximum absolute atomic E-state index is 11.9. The van der Waals surface area contributed by atoms with Crippen LogP contribution in [0.4, 0.5) is 10.6 Å². The van der Waals surface area contributed by atoms with E-state index in [1.54, 1.807) is 4.68 Å². The highest BCUT2D eigenvalue weighted by Gasteiger charge is 2.21. The summed E-state index contributed by atoms with van der Waals surface area (Å²) in [6.45, 7) is 8.34. The average molecular weight is 316 g/mol. The van der Waals surface area contributed by atoms with Gasteiger partial charge in [0, 0.05) is 18.0 Å². The van der Waals surface area contributed by atoms with Gasteiger partial charge in [-0.05, 0) is 24.6 Å². The number of carbonyl (C=O) groups excluding carboxylic acids is 1. The van der Waals surface area contributed by atoms with Crippen molar-refractivity contribution in [3.8, 4) is 5.69 Å². The summed E-state index contributed by atoms with van der Waals surface area (Å²) in [7, 11) is 0. The normalized spacial score (nSPS) is 11.3. The Morgan fingerprint density at radius 3 is 2.65 bits per heavy atom. The van der Waals surface area contributed by atoms with Crippen molar-refractivity contribution in [1.29, 1.82) is 0 Å². The molecule has 6 nitrogen and oxygen atoms in total. The van der Waals surface area contributed by atoms with Crippen molar-refractivity contribution in [2.24, 2.45) is 0 Å². The number of anilines is 1. The standard InChI is InChI=1S/C17H24N4O2/c1-12-6-5-7-13(10-12)21-15(19-16(23)18-8-9-22)11-14(20-21)17(2,3)4/h5-7,10-11,22H,8-9H2,1-4H3,(H2,18,19,23). The van der Waals surface area contributed by atoms with Crippen LogP contribution in [0.1, 0.15) is 32.0 Å². The van der Waals surface area contributed by atoms with Crippen molar-refractivity contribution >= 4 is 11.8 Å². The first-order valence-electron chi connectivity index (χ1n) is 7.64. The van der Waals surface area contributed by atoms with Crippen LogP contribution in [0.5, 0.6) is 0 Å². The fourth-order valence-electron chi connectivity index (χ4n) is 2.12. The lowest BCUT2D eigenvalue weighted by Crippen LogP contribution is -2.31. The third-order valence-corrected chi connectivity index (χ3v) is 3.36. The zero-order chi connectivity index (χ0) is 17.0. The highest BCUT2D eigenvalue weighted by atomic mass is 16.3. The summed E-state index contributed by atoms with van der Waals surface area (Å²) >= 11 is 0. The molecule has 2 aromatic rings. The van der Waals surface area contributed by atoms with Gasteiger partial charge in [0.15, 0.2) is 0 Å². The Balaban J connectivity index is 2.39. The maximum Gasteiger partial charge on any atom is 0.320 e. The van der Waals surface area contributed by atoms with E-state index in [1.807, 2.05) is 37.3 Å². The van der Waals surface area contributed by atoms with Crippen LogP contribution >= 0.6 is 0 Å². The number of nitrogens with one attached hydrogen (secondary N) is 2. The number of benzene rings is 1. The lowest BCUT2D eigenvalue weighted by Gasteiger charge is -2.14. The molecule has 1 aromatic carbocycles. The smallest absolute Gasteiger partial charge is 0.320 e. The zero-order valence-electron chi connectivity index (χ0n) is 14.1. The number of nitrogens with zero attached hydrogens (tertiary/aromatic N) is 2. The number of amides is 2. The van der Waals surface area contributed by atoms with Gasteiger partial charge in [-0.3, -0.25) is 5.32 Å². The van der Waals surface area contributed by atoms with E-state index in [0.29, 0.717) is 5.82 Å². The first kappa shape index (κ1) is 17.0. The van der Waals surface area contributed by atoms with Crippen LogP contribution in [-0.4, -0.2) is 34.1 Å². The lowest BCUT2D eigenvalue weighted by atomic mass is 9.92. The number of rotatable bonds is 4. The molecule has 0 spiro atoms. The van der Waals surface area contributed by atoms with E-state index in [-0.39, 0.29) is 24.6 Å². The summed E-state index contributed by atoms with van der Waals surface area (Å²) in [6, 6.07) is 9.44. The Kier molecular flexibility index (Phi) is 5.05. The minimum atomic E-state index is -0.367. The second kappa shape index (κ2) is 6.83. The van der Waals surface area contributed by atoms with Crippen LogP contribution < -0.4 is 10.6 Å². The molecule has 1 heterocycles. The van der Waals surface area contributed by atoms with E-state index in [9.17, 15) is 4.79 Å². The molecule has 0 aliphatic rings. The Morgan fingerprint density at radius 2 is 2.04 bits per heavy atom. The molecular weight excluding hydrogens is 292 g/mol. The van der Waals surface area contributed by atoms with Crippen molar-refractivity contribution in [3.05, 3.63) is 41.6 Å². The third-order valence-electron chi connectivity index (χ3n) is 3.36. The molecule has 0 saturated heterocycles. The van der Waals surface area contributed by atoms with Gasteiger partial charge in [0.1, 0.15) is 5.82 Å². The lowest BCUT2D eigenvalue weighted by molar-refractivity contribution is 0.244. The molecule has 0 aliphatic carbocycles. The number of aliphatic hydroxyl groups is 1. The van der Waals surface area contributed by atoms with Gasteiger partial charge in [0.2, 0.25) is 0 Å². The minimum absolute atomic E-state index is 0.0994. The van der Waals surface area contributed by atoms with E-state index in [2.05, 4.69) is 36.5 Å². The molecule has 0 unspecified atom stereocenters. The van der Waals surface area contributed by atoms with E-state index >= 15 is 0 Å². The van der Waals surface area contributed by atoms with Crippen molar-refractivity contribution in [1.82, 2.24) is 15.1 Å². The Hall–Kier alpha value is -2.34. The van der Waals surface area contributed by atoms with Gasteiger partial charge in [0.05, 0.1) is 18.0 Å². The predicted molar refractivity (Wildman–Crippen MR) is 91.1 cm³/mol. The molecule has 23 heavy (non-hydrogen) atoms. The average Bonchev–Trinajstić information content (AvgIpc) is 2.89. The number of hydrogen-bond acceptors (Lipinski definition) is 3. The number of aromatic nitrogens is 2. The van der Waals surface area contributed by atoms with E-state index in [1.165, 1.54) is 0 Å². The van der Waals surface area contributed by atoms with Gasteiger partial charge < -0.3 is 10.4 Å².